The van der Waals surface area contributed by atoms with E-state index in [1.54, 1.807) is 12.1 Å². The van der Waals surface area contributed by atoms with Crippen molar-refractivity contribution in [1.82, 2.24) is 25.4 Å². The third-order valence-corrected chi connectivity index (χ3v) is 2.32. The van der Waals surface area contributed by atoms with Crippen molar-refractivity contribution in [2.24, 2.45) is 0 Å². The molecule has 2 aromatic heterocycles. The number of aromatic amines is 2. The van der Waals surface area contributed by atoms with Gasteiger partial charge in [-0.3, -0.25) is 9.78 Å². The first-order valence-electron chi connectivity index (χ1n) is 5.70. The van der Waals surface area contributed by atoms with Crippen LogP contribution in [0.1, 0.15) is 22.1 Å². The van der Waals surface area contributed by atoms with Crippen LogP contribution in [0.15, 0.2) is 21.3 Å². The maximum Gasteiger partial charge on any atom is 0.340 e. The second-order valence-corrected chi connectivity index (χ2v) is 4.31. The van der Waals surface area contributed by atoms with Gasteiger partial charge < -0.3 is 14.6 Å². The molecule has 19 heavy (non-hydrogen) atoms. The molecule has 0 radical (unpaired) electrons. The largest absolute Gasteiger partial charge is 0.455 e. The molecule has 0 aliphatic carbocycles. The second-order valence-electron chi connectivity index (χ2n) is 4.31. The summed E-state index contributed by atoms with van der Waals surface area (Å²) in [6.07, 6.45) is 0. The van der Waals surface area contributed by atoms with E-state index in [9.17, 15) is 9.59 Å². The first-order valence-corrected chi connectivity index (χ1v) is 5.70. The van der Waals surface area contributed by atoms with Gasteiger partial charge in [-0.15, -0.1) is 0 Å². The average Bonchev–Trinajstić information content (AvgIpc) is 2.95. The van der Waals surface area contributed by atoms with Crippen LogP contribution in [0, 0.1) is 0 Å². The SMILES string of the molecule is CN(C)Cc1ccc(C(=O)NCc2n[nH]c(=O)[nH]2)o1. The number of carbonyl (C=O) groups is 1. The lowest BCUT2D eigenvalue weighted by Gasteiger charge is -2.05. The first kappa shape index (κ1) is 13.1. The molecular weight excluding hydrogens is 250 g/mol. The van der Waals surface area contributed by atoms with E-state index < -0.39 is 5.69 Å². The van der Waals surface area contributed by atoms with Crippen LogP contribution in [-0.4, -0.2) is 40.1 Å². The highest BCUT2D eigenvalue weighted by molar-refractivity contribution is 5.91. The van der Waals surface area contributed by atoms with Crippen LogP contribution in [0.4, 0.5) is 0 Å². The highest BCUT2D eigenvalue weighted by Gasteiger charge is 2.11. The van der Waals surface area contributed by atoms with Crippen LogP contribution in [-0.2, 0) is 13.1 Å². The van der Waals surface area contributed by atoms with Crippen LogP contribution >= 0.6 is 0 Å². The minimum Gasteiger partial charge on any atom is -0.455 e. The Hall–Kier alpha value is -2.35. The van der Waals surface area contributed by atoms with E-state index in [0.717, 1.165) is 0 Å². The molecule has 2 aromatic rings. The van der Waals surface area contributed by atoms with Gasteiger partial charge in [-0.2, -0.15) is 5.10 Å². The lowest BCUT2D eigenvalue weighted by molar-refractivity contribution is 0.0919. The van der Waals surface area contributed by atoms with Gasteiger partial charge in [0.1, 0.15) is 11.6 Å². The smallest absolute Gasteiger partial charge is 0.340 e. The Labute approximate surface area is 108 Å². The van der Waals surface area contributed by atoms with Gasteiger partial charge in [0.25, 0.3) is 5.91 Å². The highest BCUT2D eigenvalue weighted by Crippen LogP contribution is 2.09. The Morgan fingerprint density at radius 2 is 2.26 bits per heavy atom. The number of hydrogen-bond donors (Lipinski definition) is 3. The van der Waals surface area contributed by atoms with Crippen molar-refractivity contribution in [3.63, 3.8) is 0 Å². The Morgan fingerprint density at radius 3 is 2.89 bits per heavy atom. The zero-order chi connectivity index (χ0) is 13.8. The summed E-state index contributed by atoms with van der Waals surface area (Å²) in [5.74, 6) is 0.949. The summed E-state index contributed by atoms with van der Waals surface area (Å²) >= 11 is 0. The summed E-state index contributed by atoms with van der Waals surface area (Å²) in [4.78, 5) is 27.0. The van der Waals surface area contributed by atoms with Crippen molar-refractivity contribution in [3.8, 4) is 0 Å². The lowest BCUT2D eigenvalue weighted by atomic mass is 10.4. The Bertz CT molecular complexity index is 610. The summed E-state index contributed by atoms with van der Waals surface area (Å²) in [6.45, 7) is 0.751. The van der Waals surface area contributed by atoms with Crippen molar-refractivity contribution < 1.29 is 9.21 Å². The molecule has 0 aliphatic heterocycles. The third kappa shape index (κ3) is 3.55. The Kier molecular flexibility index (Phi) is 3.81. The molecule has 0 saturated carbocycles. The minimum absolute atomic E-state index is 0.126. The molecule has 2 heterocycles. The van der Waals surface area contributed by atoms with Gasteiger partial charge in [0, 0.05) is 0 Å². The van der Waals surface area contributed by atoms with Gasteiger partial charge in [-0.25, -0.2) is 9.89 Å². The van der Waals surface area contributed by atoms with E-state index in [1.165, 1.54) is 0 Å². The number of rotatable bonds is 5. The number of aromatic nitrogens is 3. The zero-order valence-corrected chi connectivity index (χ0v) is 10.7. The highest BCUT2D eigenvalue weighted by atomic mass is 16.4. The van der Waals surface area contributed by atoms with Crippen LogP contribution in [0.3, 0.4) is 0 Å². The molecule has 0 atom stereocenters. The molecule has 1 amide bonds. The number of H-pyrrole nitrogens is 2. The summed E-state index contributed by atoms with van der Waals surface area (Å²) < 4.78 is 5.40. The fraction of sp³-hybridized carbons (Fsp3) is 0.364. The molecule has 8 heteroatoms. The van der Waals surface area contributed by atoms with Gasteiger partial charge >= 0.3 is 5.69 Å². The van der Waals surface area contributed by atoms with Crippen LogP contribution < -0.4 is 11.0 Å². The van der Waals surface area contributed by atoms with E-state index in [1.807, 2.05) is 19.0 Å². The van der Waals surface area contributed by atoms with Crippen molar-refractivity contribution in [2.75, 3.05) is 14.1 Å². The zero-order valence-electron chi connectivity index (χ0n) is 10.7. The van der Waals surface area contributed by atoms with E-state index in [2.05, 4.69) is 20.5 Å². The van der Waals surface area contributed by atoms with Crippen molar-refractivity contribution >= 4 is 5.91 Å². The van der Waals surface area contributed by atoms with Gasteiger partial charge in [0.15, 0.2) is 5.76 Å². The van der Waals surface area contributed by atoms with Crippen molar-refractivity contribution in [2.45, 2.75) is 13.1 Å². The van der Waals surface area contributed by atoms with Crippen LogP contribution in [0.2, 0.25) is 0 Å². The number of hydrogen-bond acceptors (Lipinski definition) is 5. The van der Waals surface area contributed by atoms with E-state index >= 15 is 0 Å². The van der Waals surface area contributed by atoms with E-state index in [0.29, 0.717) is 18.1 Å². The topological polar surface area (TPSA) is 107 Å². The predicted molar refractivity (Wildman–Crippen MR) is 66.5 cm³/mol. The third-order valence-electron chi connectivity index (χ3n) is 2.32. The molecular formula is C11H15N5O3. The van der Waals surface area contributed by atoms with E-state index in [-0.39, 0.29) is 18.2 Å². The Morgan fingerprint density at radius 1 is 1.47 bits per heavy atom. The Balaban J connectivity index is 1.92. The summed E-state index contributed by atoms with van der Waals surface area (Å²) in [7, 11) is 3.83. The van der Waals surface area contributed by atoms with Crippen molar-refractivity contribution in [3.05, 3.63) is 40.0 Å². The molecule has 0 aliphatic rings. The number of amides is 1. The summed E-state index contributed by atoms with van der Waals surface area (Å²) in [6, 6.07) is 3.37. The number of furan rings is 1. The van der Waals surface area contributed by atoms with Gasteiger partial charge in [-0.05, 0) is 26.2 Å². The molecule has 0 unspecified atom stereocenters. The fourth-order valence-electron chi connectivity index (χ4n) is 1.54. The second kappa shape index (κ2) is 5.53. The van der Waals surface area contributed by atoms with Gasteiger partial charge in [-0.1, -0.05) is 0 Å². The lowest BCUT2D eigenvalue weighted by Crippen LogP contribution is -2.23. The maximum absolute atomic E-state index is 11.8. The molecule has 0 aromatic carbocycles. The quantitative estimate of drug-likeness (QED) is 0.687. The molecule has 0 bridgehead atoms. The molecule has 8 nitrogen and oxygen atoms in total. The van der Waals surface area contributed by atoms with E-state index in [4.69, 9.17) is 4.42 Å². The molecule has 3 N–H and O–H groups in total. The molecule has 102 valence electrons. The minimum atomic E-state index is -0.407. The molecule has 0 fully saturated rings. The molecule has 0 saturated heterocycles. The predicted octanol–water partition coefficient (Wildman–Crippen LogP) is -0.317. The number of nitrogens with zero attached hydrogens (tertiary/aromatic N) is 2. The summed E-state index contributed by atoms with van der Waals surface area (Å²) in [5.41, 5.74) is -0.407. The van der Waals surface area contributed by atoms with Crippen LogP contribution in [0.5, 0.6) is 0 Å². The van der Waals surface area contributed by atoms with Gasteiger partial charge in [0.2, 0.25) is 0 Å². The maximum atomic E-state index is 11.8. The van der Waals surface area contributed by atoms with Crippen LogP contribution in [0.25, 0.3) is 0 Å². The number of nitrogens with one attached hydrogen (secondary N) is 3. The fourth-order valence-corrected chi connectivity index (χ4v) is 1.54. The summed E-state index contributed by atoms with van der Waals surface area (Å²) in [5, 5.41) is 8.49. The molecule has 0 spiro atoms. The van der Waals surface area contributed by atoms with Crippen molar-refractivity contribution in [1.29, 1.82) is 0 Å². The van der Waals surface area contributed by atoms with Gasteiger partial charge in [0.05, 0.1) is 13.1 Å². The normalized spacial score (nSPS) is 10.9. The number of carbonyl (C=O) groups excluding carboxylic acids is 1. The monoisotopic (exact) mass is 265 g/mol. The standard InChI is InChI=1S/C11H15N5O3/c1-16(2)6-7-3-4-8(19-7)10(17)12-5-9-13-11(18)15-14-9/h3-4H,5-6H2,1-2H3,(H,12,17)(H2,13,14,15,18). The molecule has 2 rings (SSSR count). The average molecular weight is 265 g/mol. The first-order chi connectivity index (χ1) is 9.04.